The van der Waals surface area contributed by atoms with Crippen LogP contribution in [0.2, 0.25) is 0 Å². The molecule has 0 aliphatic carbocycles. The normalized spacial score (nSPS) is 11.4. The van der Waals surface area contributed by atoms with Crippen LogP contribution in [0.25, 0.3) is 6.08 Å². The first-order valence-electron chi connectivity index (χ1n) is 12.7. The monoisotopic (exact) mass is 535 g/mol. The van der Waals surface area contributed by atoms with E-state index in [1.807, 2.05) is 66.7 Å². The van der Waals surface area contributed by atoms with E-state index in [2.05, 4.69) is 10.6 Å². The minimum Gasteiger partial charge on any atom is -0.457 e. The maximum atomic E-state index is 12.8. The van der Waals surface area contributed by atoms with E-state index in [1.54, 1.807) is 54.0 Å². The number of carbonyl (C=O) groups excluding carboxylic acids is 3. The lowest BCUT2D eigenvalue weighted by atomic mass is 9.98. The lowest BCUT2D eigenvalue weighted by molar-refractivity contribution is -0.124. The molecule has 4 aromatic rings. The number of para-hydroxylation sites is 1. The highest BCUT2D eigenvalue weighted by molar-refractivity contribution is 6.04. The summed E-state index contributed by atoms with van der Waals surface area (Å²) in [5.74, 6) is 0.319. The topological polar surface area (TPSA) is 117 Å². The summed E-state index contributed by atoms with van der Waals surface area (Å²) in [6, 6.07) is 32.1. The van der Waals surface area contributed by atoms with Crippen LogP contribution in [0, 0.1) is 0 Å². The van der Waals surface area contributed by atoms with Gasteiger partial charge in [-0.2, -0.15) is 0 Å². The van der Waals surface area contributed by atoms with Crippen molar-refractivity contribution in [2.24, 2.45) is 0 Å². The Morgan fingerprint density at radius 3 is 2.17 bits per heavy atom. The molecule has 4 aromatic carbocycles. The zero-order valence-electron chi connectivity index (χ0n) is 21.6. The summed E-state index contributed by atoms with van der Waals surface area (Å²) in [5.41, 5.74) is 4.51. The van der Waals surface area contributed by atoms with Crippen molar-refractivity contribution < 1.29 is 24.3 Å². The molecule has 1 unspecified atom stereocenters. The van der Waals surface area contributed by atoms with Gasteiger partial charge < -0.3 is 10.1 Å². The van der Waals surface area contributed by atoms with E-state index in [-0.39, 0.29) is 0 Å². The van der Waals surface area contributed by atoms with E-state index in [0.717, 1.165) is 22.4 Å². The Labute approximate surface area is 232 Å². The first kappa shape index (κ1) is 27.8. The Balaban J connectivity index is 1.47. The highest BCUT2D eigenvalue weighted by Crippen LogP contribution is 2.25. The fraction of sp³-hybridized carbons (Fsp3) is 0.0938. The molecule has 0 saturated carbocycles. The van der Waals surface area contributed by atoms with Crippen molar-refractivity contribution in [2.75, 3.05) is 0 Å². The number of hydroxylamine groups is 1. The van der Waals surface area contributed by atoms with Gasteiger partial charge in [0, 0.05) is 11.6 Å². The summed E-state index contributed by atoms with van der Waals surface area (Å²) in [7, 11) is 0. The molecule has 4 rings (SSSR count). The van der Waals surface area contributed by atoms with Gasteiger partial charge in [0.05, 0.1) is 6.04 Å². The molecule has 0 spiro atoms. The Hall–Kier alpha value is -5.21. The van der Waals surface area contributed by atoms with Crippen LogP contribution in [0.5, 0.6) is 11.5 Å². The molecule has 0 heterocycles. The standard InChI is InChI=1S/C32H29N3O5/c36-30(35-39)21-17-23-14-18-25(19-15-23)29(33-32(38)34-31(37)26-9-3-1-4-10-26)20-16-24-8-7-13-28(22-24)40-27-11-5-2-6-12-27/h1-15,17-19,21-22,29,39H,16,20H2,(H,35,36)(H2,33,34,37,38). The van der Waals surface area contributed by atoms with Crippen molar-refractivity contribution in [1.29, 1.82) is 0 Å². The van der Waals surface area contributed by atoms with E-state index in [1.165, 1.54) is 6.08 Å². The van der Waals surface area contributed by atoms with Crippen LogP contribution < -0.4 is 20.9 Å². The Bertz CT molecular complexity index is 1460. The van der Waals surface area contributed by atoms with Crippen molar-refractivity contribution in [3.05, 3.63) is 138 Å². The summed E-state index contributed by atoms with van der Waals surface area (Å²) < 4.78 is 5.95. The van der Waals surface area contributed by atoms with Crippen molar-refractivity contribution in [2.45, 2.75) is 18.9 Å². The molecule has 0 aromatic heterocycles. The van der Waals surface area contributed by atoms with Gasteiger partial charge in [0.1, 0.15) is 11.5 Å². The second-order valence-corrected chi connectivity index (χ2v) is 8.92. The lowest BCUT2D eigenvalue weighted by Crippen LogP contribution is -2.41. The molecule has 0 bridgehead atoms. The van der Waals surface area contributed by atoms with Crippen LogP contribution in [0.15, 0.2) is 115 Å². The van der Waals surface area contributed by atoms with Crippen LogP contribution in [0.3, 0.4) is 0 Å². The number of benzene rings is 4. The van der Waals surface area contributed by atoms with Gasteiger partial charge >= 0.3 is 6.03 Å². The van der Waals surface area contributed by atoms with Crippen LogP contribution in [0.4, 0.5) is 4.79 Å². The highest BCUT2D eigenvalue weighted by Gasteiger charge is 2.17. The van der Waals surface area contributed by atoms with E-state index >= 15 is 0 Å². The number of aryl methyl sites for hydroxylation is 1. The smallest absolute Gasteiger partial charge is 0.322 e. The molecule has 8 heteroatoms. The van der Waals surface area contributed by atoms with Gasteiger partial charge in [-0.25, -0.2) is 10.3 Å². The molecule has 0 radical (unpaired) electrons. The maximum Gasteiger partial charge on any atom is 0.322 e. The third kappa shape index (κ3) is 8.41. The molecule has 202 valence electrons. The molecular formula is C32H29N3O5. The Morgan fingerprint density at radius 2 is 1.48 bits per heavy atom. The number of hydrogen-bond donors (Lipinski definition) is 4. The van der Waals surface area contributed by atoms with Crippen molar-refractivity contribution in [3.8, 4) is 11.5 Å². The molecule has 4 amide bonds. The highest BCUT2D eigenvalue weighted by atomic mass is 16.5. The van der Waals surface area contributed by atoms with Crippen molar-refractivity contribution in [3.63, 3.8) is 0 Å². The molecule has 1 atom stereocenters. The van der Waals surface area contributed by atoms with Crippen LogP contribution >= 0.6 is 0 Å². The van der Waals surface area contributed by atoms with E-state index < -0.39 is 23.9 Å². The predicted molar refractivity (Wildman–Crippen MR) is 152 cm³/mol. The number of hydrogen-bond acceptors (Lipinski definition) is 5. The third-order valence-electron chi connectivity index (χ3n) is 6.04. The Morgan fingerprint density at radius 1 is 0.800 bits per heavy atom. The first-order chi connectivity index (χ1) is 19.5. The van der Waals surface area contributed by atoms with E-state index in [9.17, 15) is 14.4 Å². The molecule has 0 aliphatic heterocycles. The summed E-state index contributed by atoms with van der Waals surface area (Å²) >= 11 is 0. The van der Waals surface area contributed by atoms with Crippen LogP contribution in [-0.2, 0) is 11.2 Å². The van der Waals surface area contributed by atoms with Gasteiger partial charge in [-0.15, -0.1) is 0 Å². The van der Waals surface area contributed by atoms with Gasteiger partial charge in [0.25, 0.3) is 11.8 Å². The number of nitrogens with one attached hydrogen (secondary N) is 3. The zero-order chi connectivity index (χ0) is 28.2. The molecule has 0 fully saturated rings. The maximum absolute atomic E-state index is 12.8. The summed E-state index contributed by atoms with van der Waals surface area (Å²) in [6.45, 7) is 0. The third-order valence-corrected chi connectivity index (χ3v) is 6.04. The van der Waals surface area contributed by atoms with Gasteiger partial charge in [0.15, 0.2) is 0 Å². The van der Waals surface area contributed by atoms with E-state index in [0.29, 0.717) is 24.2 Å². The van der Waals surface area contributed by atoms with Gasteiger partial charge in [-0.1, -0.05) is 72.8 Å². The number of ether oxygens (including phenoxy) is 1. The molecule has 0 aliphatic rings. The van der Waals surface area contributed by atoms with Gasteiger partial charge in [0.2, 0.25) is 0 Å². The minimum atomic E-state index is -0.637. The fourth-order valence-corrected chi connectivity index (χ4v) is 4.03. The largest absolute Gasteiger partial charge is 0.457 e. The van der Waals surface area contributed by atoms with Gasteiger partial charge in [-0.3, -0.25) is 20.1 Å². The summed E-state index contributed by atoms with van der Waals surface area (Å²) in [4.78, 5) is 36.6. The number of amides is 4. The molecular weight excluding hydrogens is 506 g/mol. The number of rotatable bonds is 10. The quantitative estimate of drug-likeness (QED) is 0.116. The fourth-order valence-electron chi connectivity index (χ4n) is 4.03. The second kappa shape index (κ2) is 14.1. The minimum absolute atomic E-state index is 0.382. The van der Waals surface area contributed by atoms with Gasteiger partial charge in [-0.05, 0) is 72.0 Å². The van der Waals surface area contributed by atoms with E-state index in [4.69, 9.17) is 9.94 Å². The average molecular weight is 536 g/mol. The molecule has 0 saturated heterocycles. The van der Waals surface area contributed by atoms with Crippen LogP contribution in [0.1, 0.15) is 39.5 Å². The van der Waals surface area contributed by atoms with Crippen molar-refractivity contribution in [1.82, 2.24) is 16.1 Å². The SMILES string of the molecule is O=C(C=Cc1ccc(C(CCc2cccc(Oc3ccccc3)c2)NC(=O)NC(=O)c2ccccc2)cc1)NO. The lowest BCUT2D eigenvalue weighted by Gasteiger charge is -2.20. The Kier molecular flexibility index (Phi) is 9.79. The average Bonchev–Trinajstić information content (AvgIpc) is 2.99. The number of imide groups is 1. The molecule has 40 heavy (non-hydrogen) atoms. The van der Waals surface area contributed by atoms with Crippen LogP contribution in [-0.4, -0.2) is 23.1 Å². The number of urea groups is 1. The molecule has 8 nitrogen and oxygen atoms in total. The summed E-state index contributed by atoms with van der Waals surface area (Å²) in [6.07, 6.45) is 3.94. The number of carbonyl (C=O) groups is 3. The zero-order valence-corrected chi connectivity index (χ0v) is 21.6. The van der Waals surface area contributed by atoms with Crippen molar-refractivity contribution >= 4 is 23.9 Å². The predicted octanol–water partition coefficient (Wildman–Crippen LogP) is 5.81. The molecule has 4 N–H and O–H groups in total. The summed E-state index contributed by atoms with van der Waals surface area (Å²) in [5, 5.41) is 14.0. The second-order valence-electron chi connectivity index (χ2n) is 8.92. The first-order valence-corrected chi connectivity index (χ1v) is 12.7.